The summed E-state index contributed by atoms with van der Waals surface area (Å²) >= 11 is 0. The Labute approximate surface area is 101 Å². The van der Waals surface area contributed by atoms with Crippen molar-refractivity contribution in [2.24, 2.45) is 0 Å². The van der Waals surface area contributed by atoms with Gasteiger partial charge >= 0.3 is 6.09 Å². The number of hydrogen-bond acceptors (Lipinski definition) is 4. The summed E-state index contributed by atoms with van der Waals surface area (Å²) in [6, 6.07) is 4.82. The Kier molecular flexibility index (Phi) is 3.83. The van der Waals surface area contributed by atoms with Crippen LogP contribution in [0.4, 0.5) is 10.5 Å². The molecule has 0 spiro atoms. The second kappa shape index (κ2) is 4.95. The van der Waals surface area contributed by atoms with Crippen molar-refractivity contribution in [1.29, 1.82) is 0 Å². The fraction of sp³-hybridized carbons (Fsp3) is 0.417. The molecule has 17 heavy (non-hydrogen) atoms. The third-order valence-electron chi connectivity index (χ3n) is 1.93. The molecule has 0 atom stereocenters. The largest absolute Gasteiger partial charge is 0.506 e. The predicted molar refractivity (Wildman–Crippen MR) is 65.6 cm³/mol. The standard InChI is InChI=1S/C12H18N2O3/c1-12(2,3)17-11(16)14-7-8-4-5-9(13)10(15)6-8/h4-6,15H,7,13H2,1-3H3,(H,14,16). The molecule has 0 aliphatic heterocycles. The minimum atomic E-state index is -0.520. The average molecular weight is 238 g/mol. The van der Waals surface area contributed by atoms with Crippen LogP contribution in [0.2, 0.25) is 0 Å². The minimum absolute atomic E-state index is 0.00786. The predicted octanol–water partition coefficient (Wildman–Crippen LogP) is 2.00. The Bertz CT molecular complexity index is 411. The van der Waals surface area contributed by atoms with E-state index in [1.165, 1.54) is 6.07 Å². The fourth-order valence-electron chi connectivity index (χ4n) is 1.19. The second-order valence-corrected chi connectivity index (χ2v) is 4.75. The van der Waals surface area contributed by atoms with Crippen LogP contribution in [0.15, 0.2) is 18.2 Å². The van der Waals surface area contributed by atoms with Gasteiger partial charge in [0.2, 0.25) is 0 Å². The lowest BCUT2D eigenvalue weighted by molar-refractivity contribution is 0.0523. The molecule has 94 valence electrons. The molecule has 1 aromatic carbocycles. The lowest BCUT2D eigenvalue weighted by atomic mass is 10.2. The molecule has 0 saturated carbocycles. The molecule has 1 aromatic rings. The molecule has 0 saturated heterocycles. The number of carbonyl (C=O) groups is 1. The summed E-state index contributed by atoms with van der Waals surface area (Å²) < 4.78 is 5.08. The minimum Gasteiger partial charge on any atom is -0.506 e. The van der Waals surface area contributed by atoms with Gasteiger partial charge in [0, 0.05) is 6.54 Å². The summed E-state index contributed by atoms with van der Waals surface area (Å²) in [6.07, 6.45) is -0.492. The van der Waals surface area contributed by atoms with E-state index in [2.05, 4.69) is 5.32 Å². The smallest absolute Gasteiger partial charge is 0.407 e. The zero-order valence-electron chi connectivity index (χ0n) is 10.3. The highest BCUT2D eigenvalue weighted by Gasteiger charge is 2.15. The highest BCUT2D eigenvalue weighted by molar-refractivity contribution is 5.67. The van der Waals surface area contributed by atoms with Gasteiger partial charge in [-0.05, 0) is 38.5 Å². The molecule has 4 N–H and O–H groups in total. The molecule has 0 fully saturated rings. The molecule has 1 rings (SSSR count). The van der Waals surface area contributed by atoms with Gasteiger partial charge in [-0.15, -0.1) is 0 Å². The van der Waals surface area contributed by atoms with Crippen molar-refractivity contribution in [1.82, 2.24) is 5.32 Å². The lowest BCUT2D eigenvalue weighted by Crippen LogP contribution is -2.32. The maximum atomic E-state index is 11.4. The van der Waals surface area contributed by atoms with Crippen LogP contribution in [-0.4, -0.2) is 16.8 Å². The van der Waals surface area contributed by atoms with E-state index in [9.17, 15) is 9.90 Å². The number of ether oxygens (including phenoxy) is 1. The van der Waals surface area contributed by atoms with Crippen molar-refractivity contribution in [3.8, 4) is 5.75 Å². The SMILES string of the molecule is CC(C)(C)OC(=O)NCc1ccc(N)c(O)c1. The maximum absolute atomic E-state index is 11.4. The number of phenols is 1. The Hall–Kier alpha value is -1.91. The van der Waals surface area contributed by atoms with Crippen molar-refractivity contribution in [3.05, 3.63) is 23.8 Å². The van der Waals surface area contributed by atoms with E-state index in [1.54, 1.807) is 32.9 Å². The van der Waals surface area contributed by atoms with Crippen molar-refractivity contribution in [2.75, 3.05) is 5.73 Å². The molecule has 0 aliphatic rings. The van der Waals surface area contributed by atoms with E-state index in [0.29, 0.717) is 5.69 Å². The molecule has 1 amide bonds. The third-order valence-corrected chi connectivity index (χ3v) is 1.93. The van der Waals surface area contributed by atoms with Crippen LogP contribution >= 0.6 is 0 Å². The second-order valence-electron chi connectivity index (χ2n) is 4.75. The number of aromatic hydroxyl groups is 1. The third kappa shape index (κ3) is 4.63. The average Bonchev–Trinajstić information content (AvgIpc) is 2.17. The summed E-state index contributed by atoms with van der Waals surface area (Å²) in [7, 11) is 0. The van der Waals surface area contributed by atoms with Crippen LogP contribution in [0, 0.1) is 0 Å². The van der Waals surface area contributed by atoms with Crippen LogP contribution < -0.4 is 11.1 Å². The molecule has 5 nitrogen and oxygen atoms in total. The quantitative estimate of drug-likeness (QED) is 0.543. The van der Waals surface area contributed by atoms with Gasteiger partial charge < -0.3 is 20.9 Å². The van der Waals surface area contributed by atoms with Crippen molar-refractivity contribution < 1.29 is 14.6 Å². The molecular formula is C12H18N2O3. The number of amides is 1. The molecule has 0 unspecified atom stereocenters. The van der Waals surface area contributed by atoms with Crippen LogP contribution in [0.3, 0.4) is 0 Å². The molecular weight excluding hydrogens is 220 g/mol. The normalized spacial score (nSPS) is 11.0. The van der Waals surface area contributed by atoms with E-state index in [1.807, 2.05) is 0 Å². The van der Waals surface area contributed by atoms with E-state index >= 15 is 0 Å². The topological polar surface area (TPSA) is 84.6 Å². The Morgan fingerprint density at radius 2 is 2.12 bits per heavy atom. The van der Waals surface area contributed by atoms with E-state index in [0.717, 1.165) is 5.56 Å². The van der Waals surface area contributed by atoms with E-state index < -0.39 is 11.7 Å². The number of nitrogen functional groups attached to an aromatic ring is 1. The Morgan fingerprint density at radius 1 is 1.47 bits per heavy atom. The summed E-state index contributed by atoms with van der Waals surface area (Å²) in [4.78, 5) is 11.4. The number of anilines is 1. The summed E-state index contributed by atoms with van der Waals surface area (Å²) in [5.74, 6) is 0.00786. The van der Waals surface area contributed by atoms with E-state index in [4.69, 9.17) is 10.5 Å². The van der Waals surface area contributed by atoms with E-state index in [-0.39, 0.29) is 12.3 Å². The maximum Gasteiger partial charge on any atom is 0.407 e. The van der Waals surface area contributed by atoms with Gasteiger partial charge in [-0.3, -0.25) is 0 Å². The number of benzene rings is 1. The first-order chi connectivity index (χ1) is 7.78. The highest BCUT2D eigenvalue weighted by atomic mass is 16.6. The van der Waals surface area contributed by atoms with Gasteiger partial charge in [-0.1, -0.05) is 6.07 Å². The molecule has 0 aromatic heterocycles. The first-order valence-electron chi connectivity index (χ1n) is 5.32. The number of nitrogens with two attached hydrogens (primary N) is 1. The summed E-state index contributed by atoms with van der Waals surface area (Å²) in [5.41, 5.74) is 6.01. The number of nitrogens with one attached hydrogen (secondary N) is 1. The number of rotatable bonds is 2. The van der Waals surface area contributed by atoms with Gasteiger partial charge in [0.05, 0.1) is 5.69 Å². The lowest BCUT2D eigenvalue weighted by Gasteiger charge is -2.19. The first kappa shape index (κ1) is 13.2. The van der Waals surface area contributed by atoms with Crippen LogP contribution in [-0.2, 0) is 11.3 Å². The van der Waals surface area contributed by atoms with Gasteiger partial charge in [0.25, 0.3) is 0 Å². The monoisotopic (exact) mass is 238 g/mol. The highest BCUT2D eigenvalue weighted by Crippen LogP contribution is 2.20. The van der Waals surface area contributed by atoms with Crippen LogP contribution in [0.1, 0.15) is 26.3 Å². The van der Waals surface area contributed by atoms with Gasteiger partial charge in [0.15, 0.2) is 0 Å². The Morgan fingerprint density at radius 3 is 2.65 bits per heavy atom. The zero-order chi connectivity index (χ0) is 13.1. The summed E-state index contributed by atoms with van der Waals surface area (Å²) in [5, 5.41) is 12.0. The van der Waals surface area contributed by atoms with Gasteiger partial charge in [-0.25, -0.2) is 4.79 Å². The Balaban J connectivity index is 2.50. The summed E-state index contributed by atoms with van der Waals surface area (Å²) in [6.45, 7) is 5.66. The van der Waals surface area contributed by atoms with Crippen molar-refractivity contribution in [2.45, 2.75) is 32.9 Å². The zero-order valence-corrected chi connectivity index (χ0v) is 10.3. The van der Waals surface area contributed by atoms with Crippen LogP contribution in [0.5, 0.6) is 5.75 Å². The fourth-order valence-corrected chi connectivity index (χ4v) is 1.19. The van der Waals surface area contributed by atoms with Crippen molar-refractivity contribution >= 4 is 11.8 Å². The van der Waals surface area contributed by atoms with Crippen molar-refractivity contribution in [3.63, 3.8) is 0 Å². The molecule has 0 radical (unpaired) electrons. The molecule has 0 heterocycles. The number of carbonyl (C=O) groups excluding carboxylic acids is 1. The molecule has 0 bridgehead atoms. The van der Waals surface area contributed by atoms with Gasteiger partial charge in [-0.2, -0.15) is 0 Å². The first-order valence-corrected chi connectivity index (χ1v) is 5.32. The number of hydrogen-bond donors (Lipinski definition) is 3. The molecule has 5 heteroatoms. The molecule has 0 aliphatic carbocycles. The number of phenolic OH excluding ortho intramolecular Hbond substituents is 1. The van der Waals surface area contributed by atoms with Crippen LogP contribution in [0.25, 0.3) is 0 Å². The number of alkyl carbamates (subject to hydrolysis) is 1. The van der Waals surface area contributed by atoms with Gasteiger partial charge in [0.1, 0.15) is 11.4 Å².